The van der Waals surface area contributed by atoms with Crippen LogP contribution in [0.2, 0.25) is 0 Å². The smallest absolute Gasteiger partial charge is 0.256 e. The normalized spacial score (nSPS) is 16.4. The molecular weight excluding hydrogens is 314 g/mol. The Morgan fingerprint density at radius 3 is 2.32 bits per heavy atom. The minimum absolute atomic E-state index is 0.0399. The van der Waals surface area contributed by atoms with E-state index in [1.165, 1.54) is 0 Å². The number of carbonyl (C=O) groups is 1. The van der Waals surface area contributed by atoms with Crippen LogP contribution < -0.4 is 10.1 Å². The molecule has 0 radical (unpaired) electrons. The van der Waals surface area contributed by atoms with E-state index >= 15 is 0 Å². The first-order valence-corrected chi connectivity index (χ1v) is 9.61. The summed E-state index contributed by atoms with van der Waals surface area (Å²) in [6, 6.07) is 3.97. The molecule has 1 aliphatic rings. The number of rotatable bonds is 10. The Kier molecular flexibility index (Phi) is 6.88. The molecule has 1 unspecified atom stereocenters. The second kappa shape index (κ2) is 8.70. The van der Waals surface area contributed by atoms with Gasteiger partial charge >= 0.3 is 0 Å². The van der Waals surface area contributed by atoms with E-state index in [2.05, 4.69) is 19.2 Å². The predicted octanol–water partition coefficient (Wildman–Crippen LogP) is 5.02. The number of aryl methyl sites for hydroxylation is 2. The van der Waals surface area contributed by atoms with Crippen LogP contribution in [0, 0.1) is 19.8 Å². The first kappa shape index (κ1) is 19.8. The van der Waals surface area contributed by atoms with Gasteiger partial charge in [-0.2, -0.15) is 0 Å². The SMILES string of the molecule is CCCCOc1c(C)cc(NC(=O)C(C)(OCCC)C2CC2)cc1C. The Bertz CT molecular complexity index is 572. The fraction of sp³-hybridized carbons (Fsp3) is 0.667. The Morgan fingerprint density at radius 2 is 1.80 bits per heavy atom. The van der Waals surface area contributed by atoms with Gasteiger partial charge in [0, 0.05) is 12.3 Å². The van der Waals surface area contributed by atoms with Gasteiger partial charge in [0.05, 0.1) is 6.61 Å². The molecule has 25 heavy (non-hydrogen) atoms. The van der Waals surface area contributed by atoms with E-state index in [0.29, 0.717) is 12.5 Å². The molecule has 0 bridgehead atoms. The molecular formula is C21H33NO3. The lowest BCUT2D eigenvalue weighted by molar-refractivity contribution is -0.142. The third-order valence-corrected chi connectivity index (χ3v) is 4.88. The quantitative estimate of drug-likeness (QED) is 0.605. The molecule has 0 heterocycles. The number of anilines is 1. The zero-order chi connectivity index (χ0) is 18.4. The highest BCUT2D eigenvalue weighted by Gasteiger charge is 2.48. The lowest BCUT2D eigenvalue weighted by Gasteiger charge is -2.29. The molecule has 2 rings (SSSR count). The standard InChI is InChI=1S/C21H33NO3/c1-6-8-12-24-19-15(3)13-18(14-16(19)4)22-20(23)21(5,17-9-10-17)25-11-7-2/h13-14,17H,6-12H2,1-5H3,(H,22,23). The van der Waals surface area contributed by atoms with Gasteiger partial charge in [-0.1, -0.05) is 20.3 Å². The Morgan fingerprint density at radius 1 is 1.16 bits per heavy atom. The minimum Gasteiger partial charge on any atom is -0.493 e. The highest BCUT2D eigenvalue weighted by Crippen LogP contribution is 2.42. The number of hydrogen-bond donors (Lipinski definition) is 1. The molecule has 1 fully saturated rings. The third kappa shape index (κ3) is 4.97. The van der Waals surface area contributed by atoms with Crippen molar-refractivity contribution in [1.82, 2.24) is 0 Å². The molecule has 4 heteroatoms. The lowest BCUT2D eigenvalue weighted by Crippen LogP contribution is -2.45. The van der Waals surface area contributed by atoms with Crippen molar-refractivity contribution in [3.05, 3.63) is 23.3 Å². The summed E-state index contributed by atoms with van der Waals surface area (Å²) in [6.07, 6.45) is 5.21. The van der Waals surface area contributed by atoms with Gasteiger partial charge in [-0.05, 0) is 75.6 Å². The van der Waals surface area contributed by atoms with Crippen molar-refractivity contribution in [2.24, 2.45) is 5.92 Å². The van der Waals surface area contributed by atoms with Crippen molar-refractivity contribution in [2.75, 3.05) is 18.5 Å². The molecule has 1 N–H and O–H groups in total. The van der Waals surface area contributed by atoms with Crippen molar-refractivity contribution in [3.8, 4) is 5.75 Å². The van der Waals surface area contributed by atoms with E-state index < -0.39 is 5.60 Å². The van der Waals surface area contributed by atoms with Gasteiger partial charge in [0.25, 0.3) is 5.91 Å². The van der Waals surface area contributed by atoms with Crippen LogP contribution in [-0.4, -0.2) is 24.7 Å². The maximum absolute atomic E-state index is 12.9. The van der Waals surface area contributed by atoms with Gasteiger partial charge in [-0.15, -0.1) is 0 Å². The molecule has 1 saturated carbocycles. The van der Waals surface area contributed by atoms with Crippen LogP contribution in [0.25, 0.3) is 0 Å². The van der Waals surface area contributed by atoms with Crippen LogP contribution >= 0.6 is 0 Å². The zero-order valence-electron chi connectivity index (χ0n) is 16.4. The van der Waals surface area contributed by atoms with E-state index in [9.17, 15) is 4.79 Å². The molecule has 0 aliphatic heterocycles. The van der Waals surface area contributed by atoms with Gasteiger partial charge in [0.15, 0.2) is 0 Å². The monoisotopic (exact) mass is 347 g/mol. The van der Waals surface area contributed by atoms with Gasteiger partial charge in [-0.3, -0.25) is 4.79 Å². The second-order valence-electron chi connectivity index (χ2n) is 7.33. The van der Waals surface area contributed by atoms with Gasteiger partial charge in [0.2, 0.25) is 0 Å². The Balaban J connectivity index is 2.09. The largest absolute Gasteiger partial charge is 0.493 e. The summed E-state index contributed by atoms with van der Waals surface area (Å²) in [4.78, 5) is 12.9. The van der Waals surface area contributed by atoms with Crippen molar-refractivity contribution >= 4 is 11.6 Å². The summed E-state index contributed by atoms with van der Waals surface area (Å²) in [5.41, 5.74) is 2.19. The molecule has 1 aromatic rings. The van der Waals surface area contributed by atoms with Crippen LogP contribution in [-0.2, 0) is 9.53 Å². The summed E-state index contributed by atoms with van der Waals surface area (Å²) in [5, 5.41) is 3.07. The van der Waals surface area contributed by atoms with Crippen molar-refractivity contribution in [2.45, 2.75) is 72.3 Å². The average Bonchev–Trinajstić information content (AvgIpc) is 3.40. The van der Waals surface area contributed by atoms with Crippen molar-refractivity contribution < 1.29 is 14.3 Å². The van der Waals surface area contributed by atoms with Crippen LogP contribution in [0.1, 0.15) is 64.0 Å². The number of benzene rings is 1. The number of amides is 1. The third-order valence-electron chi connectivity index (χ3n) is 4.88. The van der Waals surface area contributed by atoms with E-state index in [4.69, 9.17) is 9.47 Å². The molecule has 0 saturated heterocycles. The number of carbonyl (C=O) groups excluding carboxylic acids is 1. The summed E-state index contributed by atoms with van der Waals surface area (Å²) < 4.78 is 11.8. The molecule has 1 aromatic carbocycles. The van der Waals surface area contributed by atoms with Crippen molar-refractivity contribution in [3.63, 3.8) is 0 Å². The predicted molar refractivity (Wildman–Crippen MR) is 102 cm³/mol. The highest BCUT2D eigenvalue weighted by molar-refractivity contribution is 5.97. The average molecular weight is 347 g/mol. The van der Waals surface area contributed by atoms with Gasteiger partial charge in [0.1, 0.15) is 11.4 Å². The molecule has 0 aromatic heterocycles. The highest BCUT2D eigenvalue weighted by atomic mass is 16.5. The summed E-state index contributed by atoms with van der Waals surface area (Å²) in [7, 11) is 0. The summed E-state index contributed by atoms with van der Waals surface area (Å²) in [5.74, 6) is 1.22. The second-order valence-corrected chi connectivity index (χ2v) is 7.33. The Labute approximate surface area is 152 Å². The molecule has 0 spiro atoms. The maximum Gasteiger partial charge on any atom is 0.256 e. The number of nitrogens with one attached hydrogen (secondary N) is 1. The van der Waals surface area contributed by atoms with Crippen LogP contribution in [0.3, 0.4) is 0 Å². The van der Waals surface area contributed by atoms with Crippen molar-refractivity contribution in [1.29, 1.82) is 0 Å². The zero-order valence-corrected chi connectivity index (χ0v) is 16.4. The molecule has 1 atom stereocenters. The molecule has 4 nitrogen and oxygen atoms in total. The lowest BCUT2D eigenvalue weighted by atomic mass is 9.98. The van der Waals surface area contributed by atoms with Gasteiger partial charge < -0.3 is 14.8 Å². The fourth-order valence-corrected chi connectivity index (χ4v) is 3.14. The first-order valence-electron chi connectivity index (χ1n) is 9.61. The number of hydrogen-bond acceptors (Lipinski definition) is 3. The van der Waals surface area contributed by atoms with Gasteiger partial charge in [-0.25, -0.2) is 0 Å². The first-order chi connectivity index (χ1) is 11.9. The number of ether oxygens (including phenoxy) is 2. The summed E-state index contributed by atoms with van der Waals surface area (Å²) >= 11 is 0. The Hall–Kier alpha value is -1.55. The van der Waals surface area contributed by atoms with Crippen LogP contribution in [0.4, 0.5) is 5.69 Å². The van der Waals surface area contributed by atoms with E-state index in [1.54, 1.807) is 0 Å². The van der Waals surface area contributed by atoms with Crippen LogP contribution in [0.15, 0.2) is 12.1 Å². The fourth-order valence-electron chi connectivity index (χ4n) is 3.14. The van der Waals surface area contributed by atoms with E-state index in [-0.39, 0.29) is 5.91 Å². The summed E-state index contributed by atoms with van der Waals surface area (Å²) in [6.45, 7) is 11.5. The van der Waals surface area contributed by atoms with Crippen LogP contribution in [0.5, 0.6) is 5.75 Å². The molecule has 1 aliphatic carbocycles. The number of unbranched alkanes of at least 4 members (excludes halogenated alkanes) is 1. The molecule has 1 amide bonds. The topological polar surface area (TPSA) is 47.6 Å². The minimum atomic E-state index is -0.728. The van der Waals surface area contributed by atoms with E-state index in [1.807, 2.05) is 32.9 Å². The molecule has 140 valence electrons. The maximum atomic E-state index is 12.9. The van der Waals surface area contributed by atoms with E-state index in [0.717, 1.165) is 61.3 Å².